The normalized spacial score (nSPS) is 10.8. The van der Waals surface area contributed by atoms with Gasteiger partial charge in [0.25, 0.3) is 16.7 Å². The number of hydrogen-bond acceptors (Lipinski definition) is 20. The first kappa shape index (κ1) is 79.5. The Morgan fingerprint density at radius 3 is 1.09 bits per heavy atom. The van der Waals surface area contributed by atoms with Gasteiger partial charge in [0.2, 0.25) is 35.6 Å². The van der Waals surface area contributed by atoms with E-state index in [1.165, 1.54) is 86.8 Å². The zero-order valence-corrected chi connectivity index (χ0v) is 64.0. The molecule has 33 heteroatoms. The van der Waals surface area contributed by atoms with Crippen LogP contribution in [0, 0.1) is 19.7 Å². The number of nitrogens with zero attached hydrogens (tertiary/aromatic N) is 9. The maximum Gasteiger partial charge on any atom is 0.259 e. The highest BCUT2D eigenvalue weighted by Gasteiger charge is 2.26. The number of carbonyl (C=O) groups is 3. The molecule has 0 aliphatic heterocycles. The summed E-state index contributed by atoms with van der Waals surface area (Å²) in [5, 5.41) is 20.3. The molecule has 0 saturated heterocycles. The van der Waals surface area contributed by atoms with Crippen molar-refractivity contribution in [2.24, 2.45) is 21.1 Å². The van der Waals surface area contributed by atoms with Crippen LogP contribution in [0.2, 0.25) is 30.1 Å². The minimum atomic E-state index is -0.550. The molecule has 558 valence electrons. The molecule has 0 unspecified atom stereocenters. The Kier molecular flexibility index (Phi) is 24.9. The summed E-state index contributed by atoms with van der Waals surface area (Å²) < 4.78 is 44.5. The number of methoxy groups -OCH3 is 5. The maximum atomic E-state index is 13.8. The van der Waals surface area contributed by atoms with E-state index in [0.717, 1.165) is 29.3 Å². The standard InChI is InChI=1S/C26H23Cl2N5O4.C25H20Cl2FN5O4.C25H21Cl2N5O3/c1-6-20(34)30-18-11-15(36-4)7-8-17(18)31-26-29-12-14-10-16(25(35)33(3)24(14)32-26)21-22(27)13(2)9-19(37-5)23(21)28;1-5-19(34)30-16-9-13(28)6-7-15(16)31-25-29-11-12-8-14(24(35)33(2)23(12)32-25)20-21(26)17(36-3)10-18(37-4)22(20)27;1-5-19(33)29-16-8-6-7-9-17(16)30-25-28-12-14-11-15(24(34)32(3)23(14)31-25)20-21(26)13(2)10-18(35-4)22(20)27/h6-12H,1H2,2-5H3,(H,30,34)(H,29,31,32);5-11H,1H2,2-4H3,(H,30,34)(H,29,31,32);5-12H,1H2,2-4H3,(H,29,33)(H,28,30,31). The predicted octanol–water partition coefficient (Wildman–Crippen LogP) is 16.3. The van der Waals surface area contributed by atoms with Gasteiger partial charge in [-0.1, -0.05) is 101 Å². The molecule has 26 nitrogen and oxygen atoms in total. The number of anilines is 9. The fourth-order valence-electron chi connectivity index (χ4n) is 11.0. The van der Waals surface area contributed by atoms with Crippen LogP contribution in [0.5, 0.6) is 28.7 Å². The number of benzene rings is 6. The van der Waals surface area contributed by atoms with Crippen LogP contribution in [-0.4, -0.2) is 96.9 Å². The number of halogens is 7. The van der Waals surface area contributed by atoms with E-state index in [-0.39, 0.29) is 83.3 Å². The van der Waals surface area contributed by atoms with Crippen LogP contribution in [0.15, 0.2) is 168 Å². The largest absolute Gasteiger partial charge is 0.497 e. The van der Waals surface area contributed by atoms with Gasteiger partial charge in [-0.15, -0.1) is 0 Å². The van der Waals surface area contributed by atoms with Gasteiger partial charge < -0.3 is 55.6 Å². The highest BCUT2D eigenvalue weighted by Crippen LogP contribution is 2.47. The van der Waals surface area contributed by atoms with Crippen molar-refractivity contribution >= 4 is 172 Å². The number of aromatic nitrogens is 9. The third kappa shape index (κ3) is 16.9. The fraction of sp³-hybridized carbons (Fsp3) is 0.132. The van der Waals surface area contributed by atoms with Crippen LogP contribution in [-0.2, 0) is 35.5 Å². The topological polar surface area (TPSA) is 313 Å². The van der Waals surface area contributed by atoms with Crippen molar-refractivity contribution in [3.8, 4) is 62.1 Å². The van der Waals surface area contributed by atoms with E-state index >= 15 is 0 Å². The predicted molar refractivity (Wildman–Crippen MR) is 429 cm³/mol. The Morgan fingerprint density at radius 2 is 0.734 bits per heavy atom. The van der Waals surface area contributed by atoms with Crippen molar-refractivity contribution in [1.29, 1.82) is 0 Å². The van der Waals surface area contributed by atoms with Crippen LogP contribution in [0.25, 0.3) is 66.5 Å². The SMILES string of the molecule is C=CC(=O)Nc1cc(F)ccc1Nc1ncc2cc(-c3c(Cl)c(OC)cc(OC)c3Cl)c(=O)n(C)c2n1.C=CC(=O)Nc1cc(OC)ccc1Nc1ncc2cc(-c3c(Cl)c(C)cc(OC)c3Cl)c(=O)n(C)c2n1.C=CC(=O)Nc1ccccc1Nc1ncc2cc(-c3c(Cl)c(C)cc(OC)c3Cl)c(=O)n(C)c2n1. The third-order valence-corrected chi connectivity index (χ3v) is 19.0. The molecule has 6 aromatic carbocycles. The maximum absolute atomic E-state index is 13.8. The van der Waals surface area contributed by atoms with Crippen LogP contribution >= 0.6 is 69.6 Å². The van der Waals surface area contributed by atoms with E-state index in [0.29, 0.717) is 111 Å². The summed E-state index contributed by atoms with van der Waals surface area (Å²) >= 11 is 39.2. The average molecular weight is 1600 g/mol. The number of pyridine rings is 3. The van der Waals surface area contributed by atoms with Crippen molar-refractivity contribution in [3.63, 3.8) is 0 Å². The highest BCUT2D eigenvalue weighted by atomic mass is 35.5. The number of rotatable bonds is 20. The molecule has 109 heavy (non-hydrogen) atoms. The van der Waals surface area contributed by atoms with Crippen molar-refractivity contribution < 1.29 is 42.5 Å². The zero-order valence-electron chi connectivity index (χ0n) is 59.5. The number of aryl methyl sites for hydroxylation is 5. The lowest BCUT2D eigenvalue weighted by molar-refractivity contribution is -0.112. The van der Waals surface area contributed by atoms with Gasteiger partial charge in [-0.05, 0) is 116 Å². The van der Waals surface area contributed by atoms with E-state index in [1.54, 1.807) is 99.3 Å². The zero-order chi connectivity index (χ0) is 79.0. The number of nitrogens with one attached hydrogen (secondary N) is 6. The van der Waals surface area contributed by atoms with Gasteiger partial charge in [0.05, 0.1) is 116 Å². The summed E-state index contributed by atoms with van der Waals surface area (Å²) in [7, 11) is 12.1. The summed E-state index contributed by atoms with van der Waals surface area (Å²) in [5.41, 5.74) is 5.77. The molecule has 0 radical (unpaired) electrons. The molecule has 6 N–H and O–H groups in total. The number of carbonyl (C=O) groups excluding carboxylic acids is 3. The molecule has 0 aliphatic rings. The molecular formula is C76H64Cl6FN15O11. The quantitative estimate of drug-likeness (QED) is 0.0386. The molecular weight excluding hydrogens is 1530 g/mol. The first-order valence-electron chi connectivity index (χ1n) is 32.1. The lowest BCUT2D eigenvalue weighted by Crippen LogP contribution is -2.20. The molecule has 0 bridgehead atoms. The molecule has 6 heterocycles. The third-order valence-electron chi connectivity index (χ3n) is 16.6. The Hall–Kier alpha value is -12.1. The van der Waals surface area contributed by atoms with Gasteiger partial charge in [0.15, 0.2) is 0 Å². The van der Waals surface area contributed by atoms with Crippen LogP contribution < -0.4 is 72.3 Å². The number of ether oxygens (including phenoxy) is 5. The highest BCUT2D eigenvalue weighted by molar-refractivity contribution is 6.42. The van der Waals surface area contributed by atoms with Gasteiger partial charge in [-0.3, -0.25) is 42.5 Å². The molecule has 0 saturated carbocycles. The summed E-state index contributed by atoms with van der Waals surface area (Å²) in [4.78, 5) is 102. The second-order valence-corrected chi connectivity index (χ2v) is 25.6. The molecule has 0 fully saturated rings. The van der Waals surface area contributed by atoms with Crippen molar-refractivity contribution in [1.82, 2.24) is 43.6 Å². The van der Waals surface area contributed by atoms with E-state index in [4.69, 9.17) is 93.3 Å². The summed E-state index contributed by atoms with van der Waals surface area (Å²) in [6.07, 6.45) is 8.06. The number of fused-ring (bicyclic) bond motifs is 3. The first-order chi connectivity index (χ1) is 52.1. The summed E-state index contributed by atoms with van der Waals surface area (Å²) in [5.74, 6) is 0.703. The minimum Gasteiger partial charge on any atom is -0.497 e. The smallest absolute Gasteiger partial charge is 0.259 e. The van der Waals surface area contributed by atoms with E-state index in [1.807, 2.05) is 13.8 Å². The van der Waals surface area contributed by atoms with Crippen molar-refractivity contribution in [2.45, 2.75) is 13.8 Å². The second kappa shape index (κ2) is 34.2. The summed E-state index contributed by atoms with van der Waals surface area (Å²) in [6, 6.07) is 25.8. The van der Waals surface area contributed by atoms with Gasteiger partial charge in [-0.25, -0.2) is 19.3 Å². The Balaban J connectivity index is 0.000000174. The average Bonchev–Trinajstić information content (AvgIpc) is 0.767. The fourth-order valence-corrected chi connectivity index (χ4v) is 13.0. The number of para-hydroxylation sites is 2. The lowest BCUT2D eigenvalue weighted by Gasteiger charge is -2.16. The van der Waals surface area contributed by atoms with Gasteiger partial charge in [0.1, 0.15) is 51.5 Å². The van der Waals surface area contributed by atoms with E-state index in [2.05, 4.69) is 81.5 Å². The monoisotopic (exact) mass is 1590 g/mol. The first-order valence-corrected chi connectivity index (χ1v) is 34.3. The van der Waals surface area contributed by atoms with Crippen LogP contribution in [0.1, 0.15) is 11.1 Å². The molecule has 0 spiro atoms. The van der Waals surface area contributed by atoms with Crippen LogP contribution in [0.4, 0.5) is 56.4 Å². The minimum absolute atomic E-state index is 0.107. The lowest BCUT2D eigenvalue weighted by atomic mass is 10.0. The second-order valence-electron chi connectivity index (χ2n) is 23.4. The van der Waals surface area contributed by atoms with Gasteiger partial charge in [-0.2, -0.15) is 15.0 Å². The molecule has 12 aromatic rings. The molecule has 12 rings (SSSR count). The molecule has 0 atom stereocenters. The molecule has 0 aliphatic carbocycles. The van der Waals surface area contributed by atoms with Crippen molar-refractivity contribution in [2.75, 3.05) is 67.4 Å². The van der Waals surface area contributed by atoms with E-state index < -0.39 is 23.2 Å². The Morgan fingerprint density at radius 1 is 0.413 bits per heavy atom. The Bertz CT molecular complexity index is 5890. The van der Waals surface area contributed by atoms with Gasteiger partial charge >= 0.3 is 0 Å². The molecule has 3 amide bonds. The van der Waals surface area contributed by atoms with Crippen LogP contribution in [0.3, 0.4) is 0 Å². The van der Waals surface area contributed by atoms with Gasteiger partial charge in [0, 0.05) is 84.7 Å². The number of amides is 3. The number of hydrogen-bond donors (Lipinski definition) is 6. The van der Waals surface area contributed by atoms with E-state index in [9.17, 15) is 33.2 Å². The summed E-state index contributed by atoms with van der Waals surface area (Å²) in [6.45, 7) is 13.9. The van der Waals surface area contributed by atoms with Crippen molar-refractivity contribution in [3.05, 3.63) is 232 Å². The molecule has 6 aromatic heterocycles. The Labute approximate surface area is 650 Å².